The molecule has 2 aromatic carbocycles. The lowest BCUT2D eigenvalue weighted by atomic mass is 10.1. The van der Waals surface area contributed by atoms with Crippen molar-refractivity contribution in [1.82, 2.24) is 15.0 Å². The minimum atomic E-state index is -4.42. The number of carbonyl (C=O) groups is 1. The fourth-order valence-corrected chi connectivity index (χ4v) is 4.15. The Balaban J connectivity index is 1.32. The number of anilines is 1. The summed E-state index contributed by atoms with van der Waals surface area (Å²) in [6.07, 6.45) is -2.89. The van der Waals surface area contributed by atoms with Gasteiger partial charge in [0.15, 0.2) is 5.76 Å². The zero-order valence-corrected chi connectivity index (χ0v) is 18.1. The van der Waals surface area contributed by atoms with Crippen molar-refractivity contribution in [3.8, 4) is 11.3 Å². The van der Waals surface area contributed by atoms with E-state index < -0.39 is 11.7 Å². The highest BCUT2D eigenvalue weighted by atomic mass is 19.4. The molecule has 1 aliphatic rings. The van der Waals surface area contributed by atoms with Crippen LogP contribution in [0.3, 0.4) is 0 Å². The van der Waals surface area contributed by atoms with Crippen molar-refractivity contribution in [2.24, 2.45) is 0 Å². The third-order valence-electron chi connectivity index (χ3n) is 5.94. The number of benzene rings is 2. The molecule has 1 aliphatic heterocycles. The SMILES string of the molecule is O=C(c1ccc2noc(-c3ccccc3)c2c1)N1CCCN(c2ccc(C(F)(F)F)cn2)CC1. The number of amides is 1. The second-order valence-electron chi connectivity index (χ2n) is 8.15. The normalized spacial score (nSPS) is 14.9. The van der Waals surface area contributed by atoms with Crippen molar-refractivity contribution in [2.75, 3.05) is 31.1 Å². The summed E-state index contributed by atoms with van der Waals surface area (Å²) in [5, 5.41) is 4.87. The van der Waals surface area contributed by atoms with Crippen LogP contribution in [0.2, 0.25) is 0 Å². The third-order valence-corrected chi connectivity index (χ3v) is 5.94. The number of hydrogen-bond donors (Lipinski definition) is 0. The van der Waals surface area contributed by atoms with Gasteiger partial charge in [-0.05, 0) is 36.8 Å². The molecule has 9 heteroatoms. The highest BCUT2D eigenvalue weighted by molar-refractivity contribution is 6.01. The number of halogens is 3. The first-order valence-corrected chi connectivity index (χ1v) is 10.9. The smallest absolute Gasteiger partial charge is 0.355 e. The molecule has 0 atom stereocenters. The third kappa shape index (κ3) is 4.33. The van der Waals surface area contributed by atoms with Crippen molar-refractivity contribution in [1.29, 1.82) is 0 Å². The maximum atomic E-state index is 13.3. The maximum Gasteiger partial charge on any atom is 0.417 e. The molecular formula is C25H21F3N4O2. The van der Waals surface area contributed by atoms with Gasteiger partial charge in [-0.15, -0.1) is 0 Å². The molecule has 0 bridgehead atoms. The minimum absolute atomic E-state index is 0.107. The number of nitrogens with zero attached hydrogens (tertiary/aromatic N) is 4. The quantitative estimate of drug-likeness (QED) is 0.412. The molecule has 0 aliphatic carbocycles. The molecule has 4 aromatic rings. The minimum Gasteiger partial charge on any atom is -0.355 e. The molecule has 0 radical (unpaired) electrons. The lowest BCUT2D eigenvalue weighted by Crippen LogP contribution is -2.35. The number of rotatable bonds is 3. The van der Waals surface area contributed by atoms with Gasteiger partial charge in [0.1, 0.15) is 11.3 Å². The van der Waals surface area contributed by atoms with Gasteiger partial charge in [0.2, 0.25) is 0 Å². The van der Waals surface area contributed by atoms with Gasteiger partial charge in [-0.25, -0.2) is 4.98 Å². The molecule has 0 saturated carbocycles. The first kappa shape index (κ1) is 21.9. The van der Waals surface area contributed by atoms with Gasteiger partial charge < -0.3 is 14.3 Å². The van der Waals surface area contributed by atoms with Crippen LogP contribution in [-0.4, -0.2) is 47.1 Å². The molecule has 1 saturated heterocycles. The van der Waals surface area contributed by atoms with Crippen LogP contribution in [0.4, 0.5) is 19.0 Å². The van der Waals surface area contributed by atoms with E-state index in [0.29, 0.717) is 55.3 Å². The number of fused-ring (bicyclic) bond motifs is 1. The highest BCUT2D eigenvalue weighted by Crippen LogP contribution is 2.31. The fourth-order valence-electron chi connectivity index (χ4n) is 4.15. The maximum absolute atomic E-state index is 13.3. The monoisotopic (exact) mass is 466 g/mol. The van der Waals surface area contributed by atoms with Crippen LogP contribution in [0.25, 0.3) is 22.2 Å². The number of alkyl halides is 3. The Hall–Kier alpha value is -3.88. The van der Waals surface area contributed by atoms with E-state index in [0.717, 1.165) is 23.2 Å². The highest BCUT2D eigenvalue weighted by Gasteiger charge is 2.31. The fraction of sp³-hybridized carbons (Fsp3) is 0.240. The van der Waals surface area contributed by atoms with E-state index in [2.05, 4.69) is 10.1 Å². The van der Waals surface area contributed by atoms with Gasteiger partial charge in [0.05, 0.1) is 10.9 Å². The van der Waals surface area contributed by atoms with Gasteiger partial charge in [0.25, 0.3) is 5.91 Å². The first-order chi connectivity index (χ1) is 16.4. The molecule has 34 heavy (non-hydrogen) atoms. The zero-order valence-electron chi connectivity index (χ0n) is 18.1. The summed E-state index contributed by atoms with van der Waals surface area (Å²) in [5.41, 5.74) is 1.31. The van der Waals surface area contributed by atoms with Crippen molar-refractivity contribution in [3.05, 3.63) is 78.0 Å². The molecule has 6 nitrogen and oxygen atoms in total. The van der Waals surface area contributed by atoms with Crippen LogP contribution in [0.15, 0.2) is 71.4 Å². The zero-order chi connectivity index (χ0) is 23.7. The van der Waals surface area contributed by atoms with Gasteiger partial charge >= 0.3 is 6.18 Å². The predicted octanol–water partition coefficient (Wildman–Crippen LogP) is 5.26. The summed E-state index contributed by atoms with van der Waals surface area (Å²) in [4.78, 5) is 20.9. The molecule has 0 unspecified atom stereocenters. The Bertz CT molecular complexity index is 1300. The summed E-state index contributed by atoms with van der Waals surface area (Å²) < 4.78 is 44.0. The van der Waals surface area contributed by atoms with E-state index in [4.69, 9.17) is 4.52 Å². The summed E-state index contributed by atoms with van der Waals surface area (Å²) in [6, 6.07) is 17.3. The van der Waals surface area contributed by atoms with Crippen LogP contribution in [0.5, 0.6) is 0 Å². The molecule has 0 N–H and O–H groups in total. The lowest BCUT2D eigenvalue weighted by Gasteiger charge is -2.23. The van der Waals surface area contributed by atoms with Crippen LogP contribution >= 0.6 is 0 Å². The summed E-state index contributed by atoms with van der Waals surface area (Å²) in [6.45, 7) is 2.07. The molecule has 2 aromatic heterocycles. The number of hydrogen-bond acceptors (Lipinski definition) is 5. The van der Waals surface area contributed by atoms with E-state index in [1.54, 1.807) is 23.1 Å². The van der Waals surface area contributed by atoms with Gasteiger partial charge in [0, 0.05) is 43.5 Å². The molecular weight excluding hydrogens is 445 g/mol. The summed E-state index contributed by atoms with van der Waals surface area (Å²) >= 11 is 0. The lowest BCUT2D eigenvalue weighted by molar-refractivity contribution is -0.137. The average Bonchev–Trinajstić information content (AvgIpc) is 3.11. The Morgan fingerprint density at radius 1 is 0.941 bits per heavy atom. The van der Waals surface area contributed by atoms with Gasteiger partial charge in [-0.3, -0.25) is 4.79 Å². The molecule has 5 rings (SSSR count). The van der Waals surface area contributed by atoms with E-state index in [1.165, 1.54) is 6.07 Å². The molecule has 3 heterocycles. The van der Waals surface area contributed by atoms with Crippen molar-refractivity contribution >= 4 is 22.6 Å². The van der Waals surface area contributed by atoms with E-state index >= 15 is 0 Å². The van der Waals surface area contributed by atoms with Gasteiger partial charge in [-0.2, -0.15) is 13.2 Å². The van der Waals surface area contributed by atoms with Crippen LogP contribution in [-0.2, 0) is 6.18 Å². The predicted molar refractivity (Wildman–Crippen MR) is 121 cm³/mol. The molecule has 1 amide bonds. The van der Waals surface area contributed by atoms with E-state index in [1.807, 2.05) is 35.2 Å². The summed E-state index contributed by atoms with van der Waals surface area (Å²) in [7, 11) is 0. The Morgan fingerprint density at radius 2 is 1.76 bits per heavy atom. The number of pyridine rings is 1. The standard InChI is InChI=1S/C25H21F3N4O2/c26-25(27,28)19-8-10-22(29-16-19)31-11-4-12-32(14-13-31)24(33)18-7-9-21-20(15-18)23(34-30-21)17-5-2-1-3-6-17/h1-3,5-10,15-16H,4,11-14H2. The van der Waals surface area contributed by atoms with Crippen molar-refractivity contribution in [2.45, 2.75) is 12.6 Å². The molecule has 174 valence electrons. The number of aromatic nitrogens is 2. The second kappa shape index (κ2) is 8.81. The van der Waals surface area contributed by atoms with E-state index in [9.17, 15) is 18.0 Å². The van der Waals surface area contributed by atoms with E-state index in [-0.39, 0.29) is 5.91 Å². The first-order valence-electron chi connectivity index (χ1n) is 10.9. The Kier molecular flexibility index (Phi) is 5.69. The topological polar surface area (TPSA) is 62.5 Å². The molecule has 1 fully saturated rings. The van der Waals surface area contributed by atoms with Gasteiger partial charge in [-0.1, -0.05) is 35.5 Å². The largest absolute Gasteiger partial charge is 0.417 e. The van der Waals surface area contributed by atoms with Crippen LogP contribution in [0.1, 0.15) is 22.3 Å². The second-order valence-corrected chi connectivity index (χ2v) is 8.15. The van der Waals surface area contributed by atoms with Crippen molar-refractivity contribution in [3.63, 3.8) is 0 Å². The average molecular weight is 466 g/mol. The van der Waals surface area contributed by atoms with Crippen LogP contribution in [0, 0.1) is 0 Å². The number of carbonyl (C=O) groups excluding carboxylic acids is 1. The van der Waals surface area contributed by atoms with Crippen molar-refractivity contribution < 1.29 is 22.5 Å². The molecule has 0 spiro atoms. The Labute approximate surface area is 193 Å². The Morgan fingerprint density at radius 3 is 2.50 bits per heavy atom. The summed E-state index contributed by atoms with van der Waals surface area (Å²) in [5.74, 6) is 0.978. The van der Waals surface area contributed by atoms with Crippen LogP contribution < -0.4 is 4.90 Å².